The zero-order valence-electron chi connectivity index (χ0n) is 17.0. The second kappa shape index (κ2) is 8.51. The zero-order chi connectivity index (χ0) is 23.7. The molecule has 1 aromatic heterocycles. The van der Waals surface area contributed by atoms with E-state index in [-0.39, 0.29) is 12.8 Å². The molecule has 0 spiro atoms. The van der Waals surface area contributed by atoms with Crippen molar-refractivity contribution in [2.45, 2.75) is 36.8 Å². The zero-order valence-corrected chi connectivity index (χ0v) is 17.9. The molecule has 172 valence electrons. The molecule has 0 fully saturated rings. The first-order chi connectivity index (χ1) is 14.8. The topological polar surface area (TPSA) is 118 Å². The molecular formula is C20H20F3N3O5S. The van der Waals surface area contributed by atoms with Crippen LogP contribution < -0.4 is 5.48 Å². The van der Waals surface area contributed by atoms with Crippen molar-refractivity contribution in [1.29, 1.82) is 0 Å². The van der Waals surface area contributed by atoms with E-state index in [1.54, 1.807) is 24.3 Å². The van der Waals surface area contributed by atoms with Crippen LogP contribution in [0.4, 0.5) is 13.2 Å². The highest BCUT2D eigenvalue weighted by Gasteiger charge is 2.47. The fourth-order valence-corrected chi connectivity index (χ4v) is 4.13. The van der Waals surface area contributed by atoms with Crippen molar-refractivity contribution in [2.24, 2.45) is 5.16 Å². The van der Waals surface area contributed by atoms with E-state index < -0.39 is 38.5 Å². The van der Waals surface area contributed by atoms with Crippen molar-refractivity contribution >= 4 is 21.5 Å². The quantitative estimate of drug-likeness (QED) is 0.494. The minimum atomic E-state index is -4.51. The molecule has 1 aromatic carbocycles. The maximum absolute atomic E-state index is 12.7. The lowest BCUT2D eigenvalue weighted by Gasteiger charge is -2.26. The third-order valence-electron chi connectivity index (χ3n) is 5.36. The average Bonchev–Trinajstić information content (AvgIpc) is 3.20. The molecule has 0 saturated heterocycles. The van der Waals surface area contributed by atoms with Gasteiger partial charge in [0, 0.05) is 30.9 Å². The summed E-state index contributed by atoms with van der Waals surface area (Å²) in [5.41, 5.74) is 2.75. The second-order valence-electron chi connectivity index (χ2n) is 7.62. The van der Waals surface area contributed by atoms with E-state index >= 15 is 0 Å². The Balaban J connectivity index is 1.71. The highest BCUT2D eigenvalue weighted by Crippen LogP contribution is 2.31. The molecule has 0 radical (unpaired) electrons. The molecule has 2 N–H and O–H groups in total. The molecule has 8 nitrogen and oxygen atoms in total. The van der Waals surface area contributed by atoms with Gasteiger partial charge in [-0.25, -0.2) is 13.9 Å². The Hall–Kier alpha value is -2.99. The van der Waals surface area contributed by atoms with Gasteiger partial charge in [-0.2, -0.15) is 13.2 Å². The SMILES string of the molecule is C[C@@](C[C@H]1CC(c2ccc(-c3ccc(C(F)(F)F)nc3)cc2)=NO1)(C(=O)NO)S(C)(=O)=O. The van der Waals surface area contributed by atoms with E-state index in [2.05, 4.69) is 10.1 Å². The number of amides is 1. The van der Waals surface area contributed by atoms with Gasteiger partial charge >= 0.3 is 6.18 Å². The van der Waals surface area contributed by atoms with Crippen LogP contribution in [0.25, 0.3) is 11.1 Å². The van der Waals surface area contributed by atoms with Gasteiger partial charge in [0.05, 0.1) is 5.71 Å². The lowest BCUT2D eigenvalue weighted by atomic mass is 9.96. The summed E-state index contributed by atoms with van der Waals surface area (Å²) in [7, 11) is -3.87. The van der Waals surface area contributed by atoms with Crippen LogP contribution in [-0.4, -0.2) is 47.3 Å². The molecular weight excluding hydrogens is 451 g/mol. The Morgan fingerprint density at radius 3 is 2.25 bits per heavy atom. The van der Waals surface area contributed by atoms with Crippen molar-refractivity contribution in [1.82, 2.24) is 10.5 Å². The van der Waals surface area contributed by atoms with E-state index in [0.717, 1.165) is 18.5 Å². The lowest BCUT2D eigenvalue weighted by molar-refractivity contribution is -0.141. The van der Waals surface area contributed by atoms with E-state index in [0.29, 0.717) is 22.4 Å². The summed E-state index contributed by atoms with van der Waals surface area (Å²) in [6.45, 7) is 1.20. The van der Waals surface area contributed by atoms with Crippen molar-refractivity contribution in [3.8, 4) is 11.1 Å². The van der Waals surface area contributed by atoms with Crippen LogP contribution in [0.3, 0.4) is 0 Å². The highest BCUT2D eigenvalue weighted by atomic mass is 32.2. The molecule has 0 unspecified atom stereocenters. The van der Waals surface area contributed by atoms with Crippen molar-refractivity contribution < 1.29 is 36.4 Å². The largest absolute Gasteiger partial charge is 0.433 e. The smallest absolute Gasteiger partial charge is 0.392 e. The molecule has 2 aromatic rings. The Morgan fingerprint density at radius 2 is 1.75 bits per heavy atom. The first-order valence-corrected chi connectivity index (χ1v) is 11.2. The molecule has 32 heavy (non-hydrogen) atoms. The maximum atomic E-state index is 12.7. The van der Waals surface area contributed by atoms with Crippen LogP contribution in [0.5, 0.6) is 0 Å². The second-order valence-corrected chi connectivity index (χ2v) is 10.1. The van der Waals surface area contributed by atoms with Crippen LogP contribution in [0.2, 0.25) is 0 Å². The fraction of sp³-hybridized carbons (Fsp3) is 0.350. The molecule has 0 aliphatic carbocycles. The number of hydroxylamine groups is 1. The number of hydrogen-bond acceptors (Lipinski definition) is 7. The van der Waals surface area contributed by atoms with Crippen LogP contribution >= 0.6 is 0 Å². The van der Waals surface area contributed by atoms with Gasteiger partial charge in [0.2, 0.25) is 0 Å². The van der Waals surface area contributed by atoms with Gasteiger partial charge in [-0.1, -0.05) is 35.5 Å². The number of aromatic nitrogens is 1. The number of alkyl halides is 3. The first-order valence-electron chi connectivity index (χ1n) is 9.36. The number of halogens is 3. The molecule has 2 heterocycles. The van der Waals surface area contributed by atoms with Crippen LogP contribution in [-0.2, 0) is 25.6 Å². The molecule has 12 heteroatoms. The molecule has 3 rings (SSSR count). The summed E-state index contributed by atoms with van der Waals surface area (Å²) in [5.74, 6) is -1.06. The third-order valence-corrected chi connectivity index (χ3v) is 7.34. The number of oxime groups is 1. The van der Waals surface area contributed by atoms with Gasteiger partial charge in [0.25, 0.3) is 5.91 Å². The monoisotopic (exact) mass is 471 g/mol. The van der Waals surface area contributed by atoms with E-state index in [1.165, 1.54) is 18.5 Å². The standard InChI is InChI=1S/C20H20F3N3O5S/c1-19(18(27)25-28,32(2,29)30)10-15-9-16(26-31-15)13-5-3-12(4-6-13)14-7-8-17(24-11-14)20(21,22)23/h3-8,11,15,28H,9-10H2,1-2H3,(H,25,27)/t15-,19-/m1/s1. The minimum absolute atomic E-state index is 0.222. The number of rotatable bonds is 6. The molecule has 0 bridgehead atoms. The van der Waals surface area contributed by atoms with Gasteiger partial charge in [-0.15, -0.1) is 0 Å². The van der Waals surface area contributed by atoms with Gasteiger partial charge < -0.3 is 4.84 Å². The van der Waals surface area contributed by atoms with Gasteiger partial charge in [0.1, 0.15) is 11.8 Å². The summed E-state index contributed by atoms with van der Waals surface area (Å²) in [6.07, 6.45) is -3.17. The number of sulfone groups is 1. The normalized spacial score (nSPS) is 18.4. The summed E-state index contributed by atoms with van der Waals surface area (Å²) < 4.78 is 60.3. The maximum Gasteiger partial charge on any atom is 0.433 e. The Kier molecular flexibility index (Phi) is 6.29. The summed E-state index contributed by atoms with van der Waals surface area (Å²) in [6, 6.07) is 9.02. The molecule has 0 saturated carbocycles. The predicted molar refractivity (Wildman–Crippen MR) is 108 cm³/mol. The Morgan fingerprint density at radius 1 is 1.16 bits per heavy atom. The summed E-state index contributed by atoms with van der Waals surface area (Å²) in [4.78, 5) is 20.7. The number of nitrogens with zero attached hydrogens (tertiary/aromatic N) is 2. The van der Waals surface area contributed by atoms with Gasteiger partial charge in [-0.3, -0.25) is 15.0 Å². The predicted octanol–water partition coefficient (Wildman–Crippen LogP) is 2.96. The first kappa shape index (κ1) is 23.7. The van der Waals surface area contributed by atoms with Gasteiger partial charge in [-0.05, 0) is 24.1 Å². The summed E-state index contributed by atoms with van der Waals surface area (Å²) >= 11 is 0. The van der Waals surface area contributed by atoms with Crippen molar-refractivity contribution in [3.05, 3.63) is 53.9 Å². The number of hydrogen-bond donors (Lipinski definition) is 2. The molecule has 2 atom stereocenters. The number of carbonyl (C=O) groups excluding carboxylic acids is 1. The van der Waals surface area contributed by atoms with E-state index in [9.17, 15) is 26.4 Å². The molecule has 1 aliphatic rings. The fourth-order valence-electron chi connectivity index (χ4n) is 3.26. The third kappa shape index (κ3) is 4.75. The average molecular weight is 471 g/mol. The van der Waals surface area contributed by atoms with Crippen LogP contribution in [0, 0.1) is 0 Å². The van der Waals surface area contributed by atoms with Crippen LogP contribution in [0.15, 0.2) is 47.8 Å². The number of pyridine rings is 1. The Bertz CT molecular complexity index is 1130. The minimum Gasteiger partial charge on any atom is -0.392 e. The molecule has 1 aliphatic heterocycles. The van der Waals surface area contributed by atoms with Crippen LogP contribution in [0.1, 0.15) is 31.0 Å². The number of nitrogens with one attached hydrogen (secondary N) is 1. The van der Waals surface area contributed by atoms with E-state index in [4.69, 9.17) is 10.0 Å². The van der Waals surface area contributed by atoms with Gasteiger partial charge in [0.15, 0.2) is 14.6 Å². The lowest BCUT2D eigenvalue weighted by Crippen LogP contribution is -2.51. The van der Waals surface area contributed by atoms with E-state index in [1.807, 2.05) is 0 Å². The van der Waals surface area contributed by atoms with Crippen molar-refractivity contribution in [2.75, 3.05) is 6.26 Å². The summed E-state index contributed by atoms with van der Waals surface area (Å²) in [5, 5.41) is 12.9. The molecule has 1 amide bonds. The highest BCUT2D eigenvalue weighted by molar-refractivity contribution is 7.92. The van der Waals surface area contributed by atoms with Crippen molar-refractivity contribution in [3.63, 3.8) is 0 Å². The number of carbonyl (C=O) groups is 1. The Labute approximate surface area is 182 Å². The number of benzene rings is 1.